The first-order valence-corrected chi connectivity index (χ1v) is 9.17. The zero-order valence-electron chi connectivity index (χ0n) is 15.8. The molecule has 1 aromatic heterocycles. The second kappa shape index (κ2) is 7.43. The Labute approximate surface area is 150 Å². The van der Waals surface area contributed by atoms with Gasteiger partial charge in [-0.15, -0.1) is 0 Å². The van der Waals surface area contributed by atoms with Crippen LogP contribution in [0.5, 0.6) is 0 Å². The van der Waals surface area contributed by atoms with Crippen molar-refractivity contribution in [1.82, 2.24) is 14.9 Å². The maximum absolute atomic E-state index is 10.4. The Morgan fingerprint density at radius 2 is 2.08 bits per heavy atom. The molecule has 0 radical (unpaired) electrons. The van der Waals surface area contributed by atoms with Gasteiger partial charge in [0.1, 0.15) is 5.82 Å². The standard InChI is InChI=1S/C18H31N5O2/c1-13-11-16(19-2)21-17(20-13)23-7-5-18(6-8-23)14(24)12-15(18)25-10-9-22(3)4/h11,14-15,24H,5-10,12H2,1-4H3,(H,19,20,21)/t14-,15+/m0/s1. The van der Waals surface area contributed by atoms with Gasteiger partial charge in [0.2, 0.25) is 5.95 Å². The topological polar surface area (TPSA) is 73.8 Å². The minimum Gasteiger partial charge on any atom is -0.392 e. The van der Waals surface area contributed by atoms with Gasteiger partial charge in [-0.3, -0.25) is 0 Å². The average molecular weight is 349 g/mol. The Morgan fingerprint density at radius 1 is 1.36 bits per heavy atom. The van der Waals surface area contributed by atoms with Crippen molar-refractivity contribution in [2.24, 2.45) is 5.41 Å². The van der Waals surface area contributed by atoms with Crippen LogP contribution in [0.3, 0.4) is 0 Å². The highest BCUT2D eigenvalue weighted by Crippen LogP contribution is 2.51. The summed E-state index contributed by atoms with van der Waals surface area (Å²) in [6.45, 7) is 5.34. The van der Waals surface area contributed by atoms with E-state index in [1.165, 1.54) is 0 Å². The van der Waals surface area contributed by atoms with Crippen LogP contribution in [0, 0.1) is 12.3 Å². The van der Waals surface area contributed by atoms with Gasteiger partial charge in [0.25, 0.3) is 0 Å². The number of nitrogens with zero attached hydrogens (tertiary/aromatic N) is 4. The number of hydrogen-bond acceptors (Lipinski definition) is 7. The summed E-state index contributed by atoms with van der Waals surface area (Å²) in [7, 11) is 5.97. The van der Waals surface area contributed by atoms with Crippen molar-refractivity contribution in [1.29, 1.82) is 0 Å². The van der Waals surface area contributed by atoms with E-state index in [-0.39, 0.29) is 17.6 Å². The van der Waals surface area contributed by atoms with Crippen LogP contribution in [0.4, 0.5) is 11.8 Å². The van der Waals surface area contributed by atoms with Crippen molar-refractivity contribution < 1.29 is 9.84 Å². The Hall–Kier alpha value is -1.44. The van der Waals surface area contributed by atoms with Gasteiger partial charge in [0, 0.05) is 50.3 Å². The molecule has 2 atom stereocenters. The van der Waals surface area contributed by atoms with Gasteiger partial charge in [-0.05, 0) is 33.9 Å². The third-order valence-corrected chi connectivity index (χ3v) is 5.68. The molecular formula is C18H31N5O2. The zero-order chi connectivity index (χ0) is 18.0. The summed E-state index contributed by atoms with van der Waals surface area (Å²) in [6.07, 6.45) is 2.54. The molecule has 2 heterocycles. The number of rotatable bonds is 6. The van der Waals surface area contributed by atoms with Gasteiger partial charge < -0.3 is 25.0 Å². The third kappa shape index (κ3) is 3.73. The molecule has 3 rings (SSSR count). The smallest absolute Gasteiger partial charge is 0.227 e. The van der Waals surface area contributed by atoms with Crippen LogP contribution in [-0.2, 0) is 4.74 Å². The number of aliphatic hydroxyl groups is 1. The molecule has 0 bridgehead atoms. The van der Waals surface area contributed by atoms with Crippen molar-refractivity contribution in [3.63, 3.8) is 0 Å². The van der Waals surface area contributed by atoms with Gasteiger partial charge >= 0.3 is 0 Å². The summed E-state index contributed by atoms with van der Waals surface area (Å²) < 4.78 is 6.09. The second-order valence-corrected chi connectivity index (χ2v) is 7.58. The molecule has 1 aliphatic heterocycles. The molecule has 1 saturated heterocycles. The number of aliphatic hydroxyl groups excluding tert-OH is 1. The monoisotopic (exact) mass is 349 g/mol. The first-order valence-electron chi connectivity index (χ1n) is 9.17. The molecule has 0 unspecified atom stereocenters. The summed E-state index contributed by atoms with van der Waals surface area (Å²) in [4.78, 5) is 13.5. The number of ether oxygens (including phenoxy) is 1. The fourth-order valence-corrected chi connectivity index (χ4v) is 3.94. The van der Waals surface area contributed by atoms with E-state index in [0.717, 1.165) is 63.0 Å². The maximum atomic E-state index is 10.4. The van der Waals surface area contributed by atoms with E-state index in [1.54, 1.807) is 0 Å². The number of nitrogens with one attached hydrogen (secondary N) is 1. The molecule has 25 heavy (non-hydrogen) atoms. The highest BCUT2D eigenvalue weighted by molar-refractivity contribution is 5.43. The summed E-state index contributed by atoms with van der Waals surface area (Å²) in [5.41, 5.74) is 0.876. The molecule has 1 aromatic rings. The SMILES string of the molecule is CNc1cc(C)nc(N2CCC3(CC2)[C@@H](O)C[C@H]3OCCN(C)C)n1. The lowest BCUT2D eigenvalue weighted by atomic mass is 9.58. The van der Waals surface area contributed by atoms with Crippen molar-refractivity contribution in [3.8, 4) is 0 Å². The quantitative estimate of drug-likeness (QED) is 0.797. The van der Waals surface area contributed by atoms with Crippen LogP contribution in [0.15, 0.2) is 6.07 Å². The molecule has 140 valence electrons. The maximum Gasteiger partial charge on any atom is 0.227 e. The second-order valence-electron chi connectivity index (χ2n) is 7.58. The molecule has 0 amide bonds. The summed E-state index contributed by atoms with van der Waals surface area (Å²) >= 11 is 0. The van der Waals surface area contributed by atoms with E-state index in [4.69, 9.17) is 4.74 Å². The summed E-state index contributed by atoms with van der Waals surface area (Å²) in [5, 5.41) is 13.5. The summed E-state index contributed by atoms with van der Waals surface area (Å²) in [5.74, 6) is 1.62. The van der Waals surface area contributed by atoms with Crippen molar-refractivity contribution in [2.75, 3.05) is 57.6 Å². The van der Waals surface area contributed by atoms with Gasteiger partial charge in [0.05, 0.1) is 18.8 Å². The van der Waals surface area contributed by atoms with E-state index in [1.807, 2.05) is 20.0 Å². The number of piperidine rings is 1. The van der Waals surface area contributed by atoms with Crippen molar-refractivity contribution in [2.45, 2.75) is 38.4 Å². The molecule has 1 spiro atoms. The van der Waals surface area contributed by atoms with Gasteiger partial charge in [-0.25, -0.2) is 4.98 Å². The van der Waals surface area contributed by atoms with Crippen LogP contribution in [0.25, 0.3) is 0 Å². The first-order chi connectivity index (χ1) is 11.9. The van der Waals surface area contributed by atoms with Crippen LogP contribution in [0.1, 0.15) is 25.0 Å². The van der Waals surface area contributed by atoms with Crippen LogP contribution >= 0.6 is 0 Å². The molecule has 7 heteroatoms. The Kier molecular flexibility index (Phi) is 5.46. The molecule has 2 fully saturated rings. The molecule has 1 saturated carbocycles. The minimum atomic E-state index is -0.245. The highest BCUT2D eigenvalue weighted by Gasteiger charge is 2.56. The minimum absolute atomic E-state index is 0.0848. The largest absolute Gasteiger partial charge is 0.392 e. The first kappa shape index (κ1) is 18.4. The number of aromatic nitrogens is 2. The van der Waals surface area contributed by atoms with Crippen LogP contribution in [0.2, 0.25) is 0 Å². The average Bonchev–Trinajstić information content (AvgIpc) is 2.60. The van der Waals surface area contributed by atoms with E-state index >= 15 is 0 Å². The van der Waals surface area contributed by atoms with E-state index in [0.29, 0.717) is 0 Å². The van der Waals surface area contributed by atoms with Crippen molar-refractivity contribution >= 4 is 11.8 Å². The predicted molar refractivity (Wildman–Crippen MR) is 99.1 cm³/mol. The number of hydrogen-bond donors (Lipinski definition) is 2. The normalized spacial score (nSPS) is 25.3. The van der Waals surface area contributed by atoms with E-state index in [2.05, 4.69) is 39.2 Å². The molecule has 1 aliphatic carbocycles. The van der Waals surface area contributed by atoms with Gasteiger partial charge in [0.15, 0.2) is 0 Å². The fourth-order valence-electron chi connectivity index (χ4n) is 3.94. The van der Waals surface area contributed by atoms with Crippen molar-refractivity contribution in [3.05, 3.63) is 11.8 Å². The lowest BCUT2D eigenvalue weighted by Gasteiger charge is -2.56. The molecule has 7 nitrogen and oxygen atoms in total. The Balaban J connectivity index is 1.61. The highest BCUT2D eigenvalue weighted by atomic mass is 16.5. The van der Waals surface area contributed by atoms with Crippen LogP contribution in [-0.4, -0.2) is 79.6 Å². The molecule has 2 aliphatic rings. The van der Waals surface area contributed by atoms with E-state index in [9.17, 15) is 5.11 Å². The predicted octanol–water partition coefficient (Wildman–Crippen LogP) is 1.12. The molecule has 2 N–H and O–H groups in total. The number of aryl methyl sites for hydroxylation is 1. The number of anilines is 2. The Morgan fingerprint density at radius 3 is 2.68 bits per heavy atom. The fraction of sp³-hybridized carbons (Fsp3) is 0.778. The van der Waals surface area contributed by atoms with Crippen LogP contribution < -0.4 is 10.2 Å². The zero-order valence-corrected chi connectivity index (χ0v) is 15.8. The van der Waals surface area contributed by atoms with Gasteiger partial charge in [-0.2, -0.15) is 4.98 Å². The van der Waals surface area contributed by atoms with Gasteiger partial charge in [-0.1, -0.05) is 0 Å². The lowest BCUT2D eigenvalue weighted by Crippen LogP contribution is -2.62. The number of likely N-dealkylation sites (N-methyl/N-ethyl adjacent to an activating group) is 1. The third-order valence-electron chi connectivity index (χ3n) is 5.68. The summed E-state index contributed by atoms with van der Waals surface area (Å²) in [6, 6.07) is 1.94. The molecule has 0 aromatic carbocycles. The Bertz CT molecular complexity index is 587. The molecular weight excluding hydrogens is 318 g/mol. The lowest BCUT2D eigenvalue weighted by molar-refractivity contribution is -0.202. The van der Waals surface area contributed by atoms with E-state index < -0.39 is 0 Å².